The lowest BCUT2D eigenvalue weighted by Crippen LogP contribution is -2.32. The van der Waals surface area contributed by atoms with Gasteiger partial charge in [0, 0.05) is 12.5 Å². The number of para-hydroxylation sites is 1. The highest BCUT2D eigenvalue weighted by Gasteiger charge is 2.23. The summed E-state index contributed by atoms with van der Waals surface area (Å²) >= 11 is 1.86. The number of rotatable bonds is 4. The van der Waals surface area contributed by atoms with Crippen molar-refractivity contribution in [2.45, 2.75) is 31.9 Å². The fourth-order valence-electron chi connectivity index (χ4n) is 3.41. The first-order valence-electron chi connectivity index (χ1n) is 8.58. The molecule has 124 valence electrons. The number of benzene rings is 2. The molecule has 24 heavy (non-hydrogen) atoms. The number of nitrogens with zero attached hydrogens (tertiary/aromatic N) is 2. The first kappa shape index (κ1) is 15.8. The largest absolute Gasteiger partial charge is 0.392 e. The highest BCUT2D eigenvalue weighted by atomic mass is 32.1. The van der Waals surface area contributed by atoms with Crippen LogP contribution in [-0.2, 0) is 13.2 Å². The number of hydrogen-bond donors (Lipinski definition) is 1. The topological polar surface area (TPSA) is 36.4 Å². The van der Waals surface area contributed by atoms with E-state index < -0.39 is 0 Å². The summed E-state index contributed by atoms with van der Waals surface area (Å²) in [5.41, 5.74) is 3.45. The van der Waals surface area contributed by atoms with Crippen molar-refractivity contribution < 1.29 is 5.11 Å². The lowest BCUT2D eigenvalue weighted by molar-refractivity contribution is 0.204. The maximum absolute atomic E-state index is 9.12. The van der Waals surface area contributed by atoms with Crippen LogP contribution in [0.15, 0.2) is 48.5 Å². The van der Waals surface area contributed by atoms with Crippen LogP contribution < -0.4 is 0 Å². The van der Waals surface area contributed by atoms with Gasteiger partial charge in [0.2, 0.25) is 0 Å². The molecule has 0 radical (unpaired) electrons. The predicted molar refractivity (Wildman–Crippen MR) is 99.2 cm³/mol. The van der Waals surface area contributed by atoms with Gasteiger partial charge in [0.1, 0.15) is 0 Å². The smallest absolute Gasteiger partial charge is 0.0970 e. The van der Waals surface area contributed by atoms with Crippen molar-refractivity contribution in [3.8, 4) is 0 Å². The number of aromatic nitrogens is 1. The number of aliphatic hydroxyl groups excluding tert-OH is 1. The zero-order valence-corrected chi connectivity index (χ0v) is 14.5. The van der Waals surface area contributed by atoms with Gasteiger partial charge in [0.15, 0.2) is 0 Å². The van der Waals surface area contributed by atoms with E-state index in [1.807, 2.05) is 23.5 Å². The predicted octanol–water partition coefficient (Wildman–Crippen LogP) is 4.17. The average molecular weight is 338 g/mol. The molecule has 4 rings (SSSR count). The van der Waals surface area contributed by atoms with Crippen molar-refractivity contribution in [3.63, 3.8) is 0 Å². The average Bonchev–Trinajstić information content (AvgIpc) is 3.07. The number of hydrogen-bond acceptors (Lipinski definition) is 4. The molecule has 1 aliphatic rings. The van der Waals surface area contributed by atoms with Crippen LogP contribution in [0.2, 0.25) is 0 Å². The van der Waals surface area contributed by atoms with Crippen molar-refractivity contribution >= 4 is 21.6 Å². The Morgan fingerprint density at radius 3 is 2.42 bits per heavy atom. The van der Waals surface area contributed by atoms with E-state index in [-0.39, 0.29) is 6.61 Å². The quantitative estimate of drug-likeness (QED) is 0.776. The minimum Gasteiger partial charge on any atom is -0.392 e. The molecule has 0 spiro atoms. The monoisotopic (exact) mass is 338 g/mol. The van der Waals surface area contributed by atoms with Gasteiger partial charge in [-0.15, -0.1) is 11.3 Å². The molecule has 1 saturated heterocycles. The van der Waals surface area contributed by atoms with Crippen LogP contribution in [0.5, 0.6) is 0 Å². The van der Waals surface area contributed by atoms with Gasteiger partial charge in [0.25, 0.3) is 0 Å². The van der Waals surface area contributed by atoms with Gasteiger partial charge >= 0.3 is 0 Å². The standard InChI is InChI=1S/C20H22N2OS/c23-14-16-7-5-15(6-8-16)13-22-11-9-17(10-12-22)20-21-18-3-1-2-4-19(18)24-20/h1-8,17,23H,9-14H2. The van der Waals surface area contributed by atoms with Crippen molar-refractivity contribution in [3.05, 3.63) is 64.7 Å². The summed E-state index contributed by atoms with van der Waals surface area (Å²) < 4.78 is 1.30. The molecule has 3 nitrogen and oxygen atoms in total. The molecule has 4 heteroatoms. The van der Waals surface area contributed by atoms with Gasteiger partial charge in [-0.2, -0.15) is 0 Å². The van der Waals surface area contributed by atoms with E-state index in [0.717, 1.165) is 30.7 Å². The zero-order chi connectivity index (χ0) is 16.4. The van der Waals surface area contributed by atoms with E-state index in [9.17, 15) is 0 Å². The summed E-state index contributed by atoms with van der Waals surface area (Å²) in [6.07, 6.45) is 2.38. The molecule has 2 aromatic carbocycles. The second-order valence-corrected chi connectivity index (χ2v) is 7.61. The van der Waals surface area contributed by atoms with Gasteiger partial charge in [-0.1, -0.05) is 36.4 Å². The Morgan fingerprint density at radius 2 is 1.71 bits per heavy atom. The number of thiazole rings is 1. The Morgan fingerprint density at radius 1 is 1.00 bits per heavy atom. The van der Waals surface area contributed by atoms with Crippen molar-refractivity contribution in [1.82, 2.24) is 9.88 Å². The summed E-state index contributed by atoms with van der Waals surface area (Å²) in [6.45, 7) is 3.37. The van der Waals surface area contributed by atoms with Crippen LogP contribution in [0.4, 0.5) is 0 Å². The van der Waals surface area contributed by atoms with Crippen LogP contribution in [0.25, 0.3) is 10.2 Å². The van der Waals surface area contributed by atoms with E-state index in [0.29, 0.717) is 5.92 Å². The lowest BCUT2D eigenvalue weighted by Gasteiger charge is -2.31. The minimum atomic E-state index is 0.119. The SMILES string of the molecule is OCc1ccc(CN2CCC(c3nc4ccccc4s3)CC2)cc1. The summed E-state index contributed by atoms with van der Waals surface area (Å²) in [7, 11) is 0. The van der Waals surface area contributed by atoms with Crippen LogP contribution >= 0.6 is 11.3 Å². The third kappa shape index (κ3) is 3.36. The Bertz CT molecular complexity index is 771. The van der Waals surface area contributed by atoms with Gasteiger partial charge in [-0.3, -0.25) is 4.90 Å². The molecular weight excluding hydrogens is 316 g/mol. The molecule has 0 bridgehead atoms. The van der Waals surface area contributed by atoms with Gasteiger partial charge in [-0.25, -0.2) is 4.98 Å². The molecule has 0 aliphatic carbocycles. The Balaban J connectivity index is 1.37. The van der Waals surface area contributed by atoms with E-state index in [1.54, 1.807) is 0 Å². The molecule has 3 aromatic rings. The summed E-state index contributed by atoms with van der Waals surface area (Å²) in [5.74, 6) is 0.607. The second-order valence-electron chi connectivity index (χ2n) is 6.54. The molecule has 0 saturated carbocycles. The number of fused-ring (bicyclic) bond motifs is 1. The number of aliphatic hydroxyl groups is 1. The Kier molecular flexibility index (Phi) is 4.60. The maximum Gasteiger partial charge on any atom is 0.0970 e. The lowest BCUT2D eigenvalue weighted by atomic mass is 9.97. The van der Waals surface area contributed by atoms with Gasteiger partial charge < -0.3 is 5.11 Å². The van der Waals surface area contributed by atoms with Crippen LogP contribution in [0, 0.1) is 0 Å². The fourth-order valence-corrected chi connectivity index (χ4v) is 4.55. The first-order valence-corrected chi connectivity index (χ1v) is 9.40. The zero-order valence-electron chi connectivity index (χ0n) is 13.7. The fraction of sp³-hybridized carbons (Fsp3) is 0.350. The Hall–Kier alpha value is -1.75. The molecule has 1 fully saturated rings. The first-order chi connectivity index (χ1) is 11.8. The van der Waals surface area contributed by atoms with Crippen LogP contribution in [0.1, 0.15) is 34.9 Å². The van der Waals surface area contributed by atoms with Crippen LogP contribution in [0.3, 0.4) is 0 Å². The Labute approximate surface area is 146 Å². The van der Waals surface area contributed by atoms with E-state index in [4.69, 9.17) is 10.1 Å². The number of piperidine rings is 1. The summed E-state index contributed by atoms with van der Waals surface area (Å²) in [5, 5.41) is 10.4. The van der Waals surface area contributed by atoms with Gasteiger partial charge in [0.05, 0.1) is 21.8 Å². The van der Waals surface area contributed by atoms with E-state index >= 15 is 0 Å². The molecule has 0 amide bonds. The highest BCUT2D eigenvalue weighted by molar-refractivity contribution is 7.18. The molecule has 2 heterocycles. The molecule has 1 N–H and O–H groups in total. The van der Waals surface area contributed by atoms with E-state index in [2.05, 4.69) is 41.3 Å². The molecular formula is C20H22N2OS. The van der Waals surface area contributed by atoms with Crippen molar-refractivity contribution in [2.24, 2.45) is 0 Å². The second kappa shape index (κ2) is 7.01. The third-order valence-electron chi connectivity index (χ3n) is 4.86. The van der Waals surface area contributed by atoms with Crippen molar-refractivity contribution in [1.29, 1.82) is 0 Å². The molecule has 1 aromatic heterocycles. The minimum absolute atomic E-state index is 0.119. The summed E-state index contributed by atoms with van der Waals surface area (Å²) in [6, 6.07) is 16.7. The molecule has 1 aliphatic heterocycles. The van der Waals surface area contributed by atoms with Gasteiger partial charge in [-0.05, 0) is 49.2 Å². The summed E-state index contributed by atoms with van der Waals surface area (Å²) in [4.78, 5) is 7.37. The van der Waals surface area contributed by atoms with Crippen LogP contribution in [-0.4, -0.2) is 28.1 Å². The molecule has 0 unspecified atom stereocenters. The van der Waals surface area contributed by atoms with Crippen molar-refractivity contribution in [2.75, 3.05) is 13.1 Å². The van der Waals surface area contributed by atoms with E-state index in [1.165, 1.54) is 28.1 Å². The number of likely N-dealkylation sites (tertiary alicyclic amines) is 1. The highest BCUT2D eigenvalue weighted by Crippen LogP contribution is 2.34. The molecule has 0 atom stereocenters. The third-order valence-corrected chi connectivity index (χ3v) is 6.06. The maximum atomic E-state index is 9.12. The normalized spacial score (nSPS) is 16.7.